The first-order valence-corrected chi connectivity index (χ1v) is 50.7. The zero-order valence-corrected chi connectivity index (χ0v) is 78.4. The van der Waals surface area contributed by atoms with E-state index in [1.807, 2.05) is 13.8 Å². The van der Waals surface area contributed by atoms with Crippen LogP contribution in [0.1, 0.15) is 538 Å². The SMILES string of the molecule is CCCCCCCCCOC(=O)CCCCCCCN(CCCC)CCCCCCCC(=O)OC(CCCCCCCC)CCCCCCCC.CCCCCCCCCOC(=O)CCCCCCCN(CCCCCCCC(=O)OC(CCCCCCCC)CCCCCCCC)CCCCC(=O)OC(C)CC(C)OC(=O)CC. The van der Waals surface area contributed by atoms with Crippen molar-refractivity contribution in [2.24, 2.45) is 0 Å². The Hall–Kier alpha value is -3.26. The summed E-state index contributed by atoms with van der Waals surface area (Å²) in [7, 11) is 0. The number of hydrogen-bond acceptors (Lipinski definition) is 14. The van der Waals surface area contributed by atoms with Gasteiger partial charge in [0.15, 0.2) is 0 Å². The minimum atomic E-state index is -0.295. The summed E-state index contributed by atoms with van der Waals surface area (Å²) in [6.07, 6.45) is 81.9. The molecule has 14 heteroatoms. The second-order valence-corrected chi connectivity index (χ2v) is 34.9. The fourth-order valence-electron chi connectivity index (χ4n) is 15.6. The Kier molecular flexibility index (Phi) is 92.0. The van der Waals surface area contributed by atoms with Crippen molar-refractivity contribution in [2.75, 3.05) is 52.5 Å². The number of hydrogen-bond donors (Lipinski definition) is 0. The Balaban J connectivity index is 0. The molecule has 0 radical (unpaired) electrons. The lowest BCUT2D eigenvalue weighted by Crippen LogP contribution is -2.27. The topological polar surface area (TPSA) is 164 Å². The Labute approximate surface area is 713 Å². The van der Waals surface area contributed by atoms with E-state index in [4.69, 9.17) is 28.4 Å². The van der Waals surface area contributed by atoms with Crippen LogP contribution in [-0.4, -0.2) is 123 Å². The minimum absolute atomic E-state index is 0.00194. The lowest BCUT2D eigenvalue weighted by molar-refractivity contribution is -0.154. The van der Waals surface area contributed by atoms with Crippen LogP contribution in [-0.2, 0) is 57.2 Å². The van der Waals surface area contributed by atoms with Crippen LogP contribution in [0.2, 0.25) is 0 Å². The molecule has 14 nitrogen and oxygen atoms in total. The fourth-order valence-corrected chi connectivity index (χ4v) is 15.6. The maximum atomic E-state index is 12.9. The van der Waals surface area contributed by atoms with E-state index in [9.17, 15) is 28.8 Å². The summed E-state index contributed by atoms with van der Waals surface area (Å²) in [4.78, 5) is 79.2. The number of rotatable bonds is 91. The van der Waals surface area contributed by atoms with Gasteiger partial charge in [0.05, 0.1) is 13.2 Å². The lowest BCUT2D eigenvalue weighted by atomic mass is 10.0. The van der Waals surface area contributed by atoms with E-state index < -0.39 is 0 Å². The highest BCUT2D eigenvalue weighted by molar-refractivity contribution is 5.71. The molecule has 2 atom stereocenters. The molecule has 0 amide bonds. The van der Waals surface area contributed by atoms with Crippen molar-refractivity contribution < 1.29 is 57.2 Å². The summed E-state index contributed by atoms with van der Waals surface area (Å²) in [5.74, 6) is -0.435. The number of unbranched alkanes of at least 4 members (excludes halogenated alkanes) is 50. The van der Waals surface area contributed by atoms with Gasteiger partial charge in [0.1, 0.15) is 24.4 Å². The molecular formula is C101H196N2O12. The molecule has 0 bridgehead atoms. The van der Waals surface area contributed by atoms with Crippen molar-refractivity contribution in [3.63, 3.8) is 0 Å². The van der Waals surface area contributed by atoms with E-state index >= 15 is 0 Å². The molecule has 0 heterocycles. The molecule has 682 valence electrons. The summed E-state index contributed by atoms with van der Waals surface area (Å²) in [5, 5.41) is 0. The zero-order valence-electron chi connectivity index (χ0n) is 78.4. The van der Waals surface area contributed by atoms with E-state index in [2.05, 4.69) is 58.3 Å². The maximum Gasteiger partial charge on any atom is 0.306 e. The van der Waals surface area contributed by atoms with Gasteiger partial charge in [-0.05, 0) is 188 Å². The number of carbonyl (C=O) groups is 6. The van der Waals surface area contributed by atoms with Crippen LogP contribution in [0.4, 0.5) is 0 Å². The molecule has 0 spiro atoms. The molecule has 0 saturated carbocycles. The average molecular weight is 1630 g/mol. The average Bonchev–Trinajstić information content (AvgIpc) is 0.965. The molecule has 115 heavy (non-hydrogen) atoms. The van der Waals surface area contributed by atoms with Crippen LogP contribution in [0.5, 0.6) is 0 Å². The van der Waals surface area contributed by atoms with Gasteiger partial charge in [0.2, 0.25) is 0 Å². The first-order chi connectivity index (χ1) is 56.2. The predicted octanol–water partition coefficient (Wildman–Crippen LogP) is 30.0. The number of nitrogens with zero attached hydrogens (tertiary/aromatic N) is 2. The largest absolute Gasteiger partial charge is 0.466 e. The van der Waals surface area contributed by atoms with Crippen molar-refractivity contribution in [2.45, 2.75) is 562 Å². The third-order valence-corrected chi connectivity index (χ3v) is 23.1. The van der Waals surface area contributed by atoms with E-state index in [0.29, 0.717) is 58.2 Å². The van der Waals surface area contributed by atoms with E-state index in [1.165, 1.54) is 283 Å². The summed E-state index contributed by atoms with van der Waals surface area (Å²) < 4.78 is 34.0. The zero-order chi connectivity index (χ0) is 84.4. The number of carbonyl (C=O) groups excluding carboxylic acids is 6. The summed E-state index contributed by atoms with van der Waals surface area (Å²) >= 11 is 0. The van der Waals surface area contributed by atoms with Gasteiger partial charge < -0.3 is 38.2 Å². The number of esters is 6. The normalized spacial score (nSPS) is 12.1. The van der Waals surface area contributed by atoms with Gasteiger partial charge in [0, 0.05) is 44.9 Å². The molecule has 0 aromatic heterocycles. The highest BCUT2D eigenvalue weighted by Crippen LogP contribution is 2.23. The first kappa shape index (κ1) is 114. The van der Waals surface area contributed by atoms with Crippen molar-refractivity contribution in [1.82, 2.24) is 9.80 Å². The van der Waals surface area contributed by atoms with Crippen LogP contribution in [0, 0.1) is 0 Å². The first-order valence-electron chi connectivity index (χ1n) is 50.7. The molecule has 0 rings (SSSR count). The molecule has 0 fully saturated rings. The van der Waals surface area contributed by atoms with Crippen molar-refractivity contribution in [1.29, 1.82) is 0 Å². The van der Waals surface area contributed by atoms with Gasteiger partial charge in [-0.2, -0.15) is 0 Å². The van der Waals surface area contributed by atoms with Crippen molar-refractivity contribution >= 4 is 35.8 Å². The van der Waals surface area contributed by atoms with Gasteiger partial charge in [-0.15, -0.1) is 0 Å². The van der Waals surface area contributed by atoms with Gasteiger partial charge in [-0.25, -0.2) is 0 Å². The molecule has 0 aliphatic carbocycles. The molecule has 0 aromatic carbocycles. The third-order valence-electron chi connectivity index (χ3n) is 23.1. The van der Waals surface area contributed by atoms with Crippen LogP contribution in [0.3, 0.4) is 0 Å². The van der Waals surface area contributed by atoms with Gasteiger partial charge in [-0.3, -0.25) is 28.8 Å². The molecule has 0 aliphatic rings. The van der Waals surface area contributed by atoms with Crippen LogP contribution < -0.4 is 0 Å². The van der Waals surface area contributed by atoms with Crippen LogP contribution in [0.25, 0.3) is 0 Å². The predicted molar refractivity (Wildman–Crippen MR) is 488 cm³/mol. The minimum Gasteiger partial charge on any atom is -0.466 e. The lowest BCUT2D eigenvalue weighted by Gasteiger charge is -2.22. The van der Waals surface area contributed by atoms with E-state index in [0.717, 1.165) is 180 Å². The summed E-state index contributed by atoms with van der Waals surface area (Å²) in [6, 6.07) is 0. The molecule has 0 saturated heterocycles. The van der Waals surface area contributed by atoms with Gasteiger partial charge in [-0.1, -0.05) is 344 Å². The Morgan fingerprint density at radius 1 is 0.209 bits per heavy atom. The monoisotopic (exact) mass is 1630 g/mol. The van der Waals surface area contributed by atoms with Crippen LogP contribution in [0.15, 0.2) is 0 Å². The maximum absolute atomic E-state index is 12.9. The molecule has 2 unspecified atom stereocenters. The Morgan fingerprint density at radius 3 is 0.687 bits per heavy atom. The second-order valence-electron chi connectivity index (χ2n) is 34.9. The number of ether oxygens (including phenoxy) is 6. The van der Waals surface area contributed by atoms with E-state index in [-0.39, 0.29) is 60.2 Å². The smallest absolute Gasteiger partial charge is 0.306 e. The van der Waals surface area contributed by atoms with Crippen molar-refractivity contribution in [3.05, 3.63) is 0 Å². The standard InChI is InChI=1S/C55H105NO8.C46H91NO4/c1-7-11-14-17-20-29-38-47-61-53(58)41-32-25-21-27-35-44-56(46-37-34-43-54(59)63-50(6)48-49(5)62-52(57)10-4)45-36-28-22-26-33-42-55(60)64-51(39-30-23-18-15-12-8-2)40-31-24-19-16-13-9-3;1-5-9-13-16-19-28-35-43-50-45(48)38-31-24-20-26-33-41-47(40-12-8-4)42-34-27-21-25-32-39-46(49)51-44(36-29-22-17-14-10-6-2)37-30-23-18-15-11-7-3/h49-51H,7-48H2,1-6H3;44H,5-43H2,1-4H3. The highest BCUT2D eigenvalue weighted by Gasteiger charge is 2.19. The Morgan fingerprint density at radius 2 is 0.409 bits per heavy atom. The van der Waals surface area contributed by atoms with Gasteiger partial charge in [0.25, 0.3) is 0 Å². The highest BCUT2D eigenvalue weighted by atomic mass is 16.6. The van der Waals surface area contributed by atoms with Crippen molar-refractivity contribution in [3.8, 4) is 0 Å². The molecule has 0 aliphatic heterocycles. The van der Waals surface area contributed by atoms with Gasteiger partial charge >= 0.3 is 35.8 Å². The molecule has 0 N–H and O–H groups in total. The third kappa shape index (κ3) is 88.4. The fraction of sp³-hybridized carbons (Fsp3) is 0.941. The summed E-state index contributed by atoms with van der Waals surface area (Å²) in [6.45, 7) is 29.1. The second kappa shape index (κ2) is 93.0. The molecule has 0 aromatic rings. The Bertz CT molecular complexity index is 2030. The van der Waals surface area contributed by atoms with Crippen LogP contribution >= 0.6 is 0 Å². The van der Waals surface area contributed by atoms with E-state index in [1.54, 1.807) is 6.92 Å². The quantitative estimate of drug-likeness (QED) is 0.0321. The molecular weight excluding hydrogens is 1430 g/mol. The summed E-state index contributed by atoms with van der Waals surface area (Å²) in [5.41, 5.74) is 0.